The molecule has 0 saturated carbocycles. The van der Waals surface area contributed by atoms with Crippen molar-refractivity contribution in [1.29, 1.82) is 0 Å². The molecule has 27 heavy (non-hydrogen) atoms. The van der Waals surface area contributed by atoms with Gasteiger partial charge < -0.3 is 14.9 Å². The minimum absolute atomic E-state index is 0.129. The molecule has 0 heterocycles. The number of aromatic hydroxyl groups is 1. The zero-order valence-corrected chi connectivity index (χ0v) is 16.3. The predicted molar refractivity (Wildman–Crippen MR) is 108 cm³/mol. The van der Waals surface area contributed by atoms with Crippen molar-refractivity contribution in [1.82, 2.24) is 0 Å². The van der Waals surface area contributed by atoms with Crippen LogP contribution in [0, 0.1) is 6.92 Å². The molecule has 3 rings (SSSR count). The number of phenolic OH excluding ortho intramolecular Hbond substituents is 1. The summed E-state index contributed by atoms with van der Waals surface area (Å²) < 4.78 is 5.69. The van der Waals surface area contributed by atoms with Gasteiger partial charge >= 0.3 is 0 Å². The highest BCUT2D eigenvalue weighted by molar-refractivity contribution is 6.31. The van der Waals surface area contributed by atoms with Gasteiger partial charge in [-0.15, -0.1) is 0 Å². The molecule has 0 fully saturated rings. The molecule has 0 aromatic heterocycles. The molecule has 0 amide bonds. The summed E-state index contributed by atoms with van der Waals surface area (Å²) in [6.45, 7) is 2.22. The van der Waals surface area contributed by atoms with Crippen LogP contribution < -0.4 is 0 Å². The van der Waals surface area contributed by atoms with E-state index in [0.29, 0.717) is 22.0 Å². The van der Waals surface area contributed by atoms with E-state index in [0.717, 1.165) is 22.3 Å². The van der Waals surface area contributed by atoms with Gasteiger partial charge in [-0.2, -0.15) is 0 Å². The van der Waals surface area contributed by atoms with E-state index in [-0.39, 0.29) is 12.4 Å². The Morgan fingerprint density at radius 2 is 1.56 bits per heavy atom. The number of phenols is 1. The third kappa shape index (κ3) is 5.02. The van der Waals surface area contributed by atoms with Crippen molar-refractivity contribution in [2.75, 3.05) is 0 Å². The van der Waals surface area contributed by atoms with Crippen LogP contribution in [0.2, 0.25) is 10.0 Å². The molecule has 3 nitrogen and oxygen atoms in total. The van der Waals surface area contributed by atoms with Gasteiger partial charge in [0.2, 0.25) is 0 Å². The fraction of sp³-hybridized carbons (Fsp3) is 0.182. The molecule has 5 heteroatoms. The molecule has 0 radical (unpaired) electrons. The maximum absolute atomic E-state index is 10.6. The van der Waals surface area contributed by atoms with E-state index in [4.69, 9.17) is 27.9 Å². The Morgan fingerprint density at radius 3 is 2.26 bits per heavy atom. The smallest absolute Gasteiger partial charge is 0.181 e. The minimum atomic E-state index is -1.08. The van der Waals surface area contributed by atoms with Crippen molar-refractivity contribution in [3.8, 4) is 5.75 Å². The van der Waals surface area contributed by atoms with Gasteiger partial charge in [0, 0.05) is 22.0 Å². The molecule has 2 N–H and O–H groups in total. The summed E-state index contributed by atoms with van der Waals surface area (Å²) in [4.78, 5) is 0. The van der Waals surface area contributed by atoms with Crippen LogP contribution in [0.25, 0.3) is 0 Å². The molecule has 0 aliphatic heterocycles. The quantitative estimate of drug-likeness (QED) is 0.511. The first-order valence-corrected chi connectivity index (χ1v) is 9.29. The van der Waals surface area contributed by atoms with Gasteiger partial charge in [0.15, 0.2) is 6.29 Å². The second-order valence-electron chi connectivity index (χ2n) is 6.38. The summed E-state index contributed by atoms with van der Waals surface area (Å²) in [7, 11) is 0. The Bertz CT molecular complexity index is 941. The number of hydrogen-bond donors (Lipinski definition) is 2. The topological polar surface area (TPSA) is 49.7 Å². The van der Waals surface area contributed by atoms with Crippen LogP contribution in [0.5, 0.6) is 5.75 Å². The van der Waals surface area contributed by atoms with Crippen LogP contribution in [0.3, 0.4) is 0 Å². The monoisotopic (exact) mass is 402 g/mol. The number of benzene rings is 3. The van der Waals surface area contributed by atoms with E-state index in [2.05, 4.69) is 0 Å². The number of aliphatic hydroxyl groups is 1. The maximum Gasteiger partial charge on any atom is 0.181 e. The molecular weight excluding hydrogens is 383 g/mol. The normalized spacial score (nSPS) is 12.1. The summed E-state index contributed by atoms with van der Waals surface area (Å²) in [5, 5.41) is 21.8. The van der Waals surface area contributed by atoms with Crippen LogP contribution in [0.15, 0.2) is 60.7 Å². The average Bonchev–Trinajstić information content (AvgIpc) is 2.63. The van der Waals surface area contributed by atoms with Crippen molar-refractivity contribution in [3.05, 3.63) is 98.5 Å². The largest absolute Gasteiger partial charge is 0.508 e. The highest BCUT2D eigenvalue weighted by atomic mass is 35.5. The number of hydrogen-bond acceptors (Lipinski definition) is 3. The summed E-state index contributed by atoms with van der Waals surface area (Å²) in [5.74, 6) is 0.129. The Hall–Kier alpha value is -2.04. The lowest BCUT2D eigenvalue weighted by Gasteiger charge is -2.17. The molecule has 3 aromatic carbocycles. The van der Waals surface area contributed by atoms with Crippen LogP contribution in [-0.4, -0.2) is 10.2 Å². The van der Waals surface area contributed by atoms with Crippen molar-refractivity contribution >= 4 is 23.2 Å². The molecule has 0 bridgehead atoms. The van der Waals surface area contributed by atoms with Crippen molar-refractivity contribution in [2.24, 2.45) is 0 Å². The SMILES string of the molecule is Cc1cc(Cl)ccc1COC(O)c1ccccc1Cc1ccc(Cl)cc1O. The molecule has 1 atom stereocenters. The Morgan fingerprint density at radius 1 is 0.889 bits per heavy atom. The third-order valence-corrected chi connectivity index (χ3v) is 4.92. The lowest BCUT2D eigenvalue weighted by molar-refractivity contribution is -0.112. The summed E-state index contributed by atoms with van der Waals surface area (Å²) >= 11 is 11.9. The third-order valence-electron chi connectivity index (χ3n) is 4.45. The van der Waals surface area contributed by atoms with Crippen LogP contribution in [-0.2, 0) is 17.8 Å². The van der Waals surface area contributed by atoms with Crippen LogP contribution in [0.1, 0.15) is 34.1 Å². The van der Waals surface area contributed by atoms with E-state index in [1.165, 1.54) is 6.07 Å². The average molecular weight is 403 g/mol. The van der Waals surface area contributed by atoms with E-state index in [1.807, 2.05) is 43.3 Å². The lowest BCUT2D eigenvalue weighted by atomic mass is 9.99. The summed E-state index contributed by atoms with van der Waals surface area (Å²) in [5.41, 5.74) is 4.24. The Labute approximate surface area is 168 Å². The van der Waals surface area contributed by atoms with Crippen LogP contribution in [0.4, 0.5) is 0 Å². The van der Waals surface area contributed by atoms with Gasteiger partial charge in [0.05, 0.1) is 6.61 Å². The highest BCUT2D eigenvalue weighted by Crippen LogP contribution is 2.28. The van der Waals surface area contributed by atoms with E-state index in [1.54, 1.807) is 18.2 Å². The van der Waals surface area contributed by atoms with E-state index < -0.39 is 6.29 Å². The molecule has 0 spiro atoms. The lowest BCUT2D eigenvalue weighted by Crippen LogP contribution is -2.08. The van der Waals surface area contributed by atoms with Gasteiger partial charge in [-0.25, -0.2) is 0 Å². The zero-order valence-electron chi connectivity index (χ0n) is 14.8. The summed E-state index contributed by atoms with van der Waals surface area (Å²) in [6.07, 6.45) is -0.620. The molecule has 0 aliphatic rings. The number of ether oxygens (including phenoxy) is 1. The van der Waals surface area contributed by atoms with Crippen molar-refractivity contribution < 1.29 is 14.9 Å². The van der Waals surface area contributed by atoms with Gasteiger partial charge in [-0.3, -0.25) is 0 Å². The molecule has 1 unspecified atom stereocenters. The van der Waals surface area contributed by atoms with Gasteiger partial charge in [-0.05, 0) is 53.4 Å². The standard InChI is InChI=1S/C22H20Cl2O3/c1-14-10-18(23)9-7-17(14)13-27-22(26)20-5-3-2-4-15(20)11-16-6-8-19(24)12-21(16)25/h2-10,12,22,25-26H,11,13H2,1H3. The molecule has 3 aromatic rings. The number of aliphatic hydroxyl groups excluding tert-OH is 1. The van der Waals surface area contributed by atoms with Gasteiger partial charge in [0.25, 0.3) is 0 Å². The first-order valence-electron chi connectivity index (χ1n) is 8.54. The molecule has 140 valence electrons. The number of aryl methyl sites for hydroxylation is 1. The van der Waals surface area contributed by atoms with Gasteiger partial charge in [0.1, 0.15) is 5.75 Å². The number of halogens is 2. The van der Waals surface area contributed by atoms with E-state index >= 15 is 0 Å². The molecular formula is C22H20Cl2O3. The Kier molecular flexibility index (Phi) is 6.40. The van der Waals surface area contributed by atoms with Crippen molar-refractivity contribution in [3.63, 3.8) is 0 Å². The minimum Gasteiger partial charge on any atom is -0.508 e. The second-order valence-corrected chi connectivity index (χ2v) is 7.26. The molecule has 0 saturated heterocycles. The first-order chi connectivity index (χ1) is 12.9. The van der Waals surface area contributed by atoms with Crippen molar-refractivity contribution in [2.45, 2.75) is 26.2 Å². The first kappa shape index (κ1) is 19.7. The fourth-order valence-electron chi connectivity index (χ4n) is 2.91. The Balaban J connectivity index is 1.76. The second kappa shape index (κ2) is 8.77. The summed E-state index contributed by atoms with van der Waals surface area (Å²) in [6, 6.07) is 18.0. The number of rotatable bonds is 6. The zero-order chi connectivity index (χ0) is 19.4. The predicted octanol–water partition coefficient (Wildman–Crippen LogP) is 5.81. The molecule has 0 aliphatic carbocycles. The maximum atomic E-state index is 10.6. The van der Waals surface area contributed by atoms with Gasteiger partial charge in [-0.1, -0.05) is 59.6 Å². The van der Waals surface area contributed by atoms with Crippen LogP contribution >= 0.6 is 23.2 Å². The fourth-order valence-corrected chi connectivity index (χ4v) is 3.30. The van der Waals surface area contributed by atoms with E-state index in [9.17, 15) is 10.2 Å². The highest BCUT2D eigenvalue weighted by Gasteiger charge is 2.15.